The van der Waals surface area contributed by atoms with Gasteiger partial charge in [-0.2, -0.15) is 0 Å². The van der Waals surface area contributed by atoms with Gasteiger partial charge in [0, 0.05) is 25.2 Å². The SMILES string of the molecule is Nc1cc2c(cc1N1CCOCC1)OCO2. The van der Waals surface area contributed by atoms with Crippen molar-refractivity contribution in [2.24, 2.45) is 0 Å². The largest absolute Gasteiger partial charge is 0.454 e. The summed E-state index contributed by atoms with van der Waals surface area (Å²) in [6.45, 7) is 3.50. The molecule has 2 N–H and O–H groups in total. The van der Waals surface area contributed by atoms with Crippen LogP contribution in [-0.2, 0) is 4.74 Å². The fourth-order valence-electron chi connectivity index (χ4n) is 2.03. The number of hydrogen-bond donors (Lipinski definition) is 1. The lowest BCUT2D eigenvalue weighted by Crippen LogP contribution is -2.36. The van der Waals surface area contributed by atoms with E-state index in [0.29, 0.717) is 0 Å². The van der Waals surface area contributed by atoms with Gasteiger partial charge in [0.2, 0.25) is 6.79 Å². The highest BCUT2D eigenvalue weighted by molar-refractivity contribution is 5.73. The van der Waals surface area contributed by atoms with Crippen LogP contribution < -0.4 is 20.1 Å². The van der Waals surface area contributed by atoms with Gasteiger partial charge in [0.25, 0.3) is 0 Å². The van der Waals surface area contributed by atoms with Crippen LogP contribution in [0, 0.1) is 0 Å². The summed E-state index contributed by atoms with van der Waals surface area (Å²) in [5.74, 6) is 1.50. The molecule has 0 aliphatic carbocycles. The van der Waals surface area contributed by atoms with Gasteiger partial charge in [0.15, 0.2) is 11.5 Å². The predicted molar refractivity (Wildman–Crippen MR) is 60.0 cm³/mol. The van der Waals surface area contributed by atoms with Crippen LogP contribution in [0.15, 0.2) is 12.1 Å². The molecule has 5 heteroatoms. The Morgan fingerprint density at radius 1 is 1.06 bits per heavy atom. The third-order valence-electron chi connectivity index (χ3n) is 2.87. The number of nitrogen functional groups attached to an aromatic ring is 1. The Morgan fingerprint density at radius 2 is 1.75 bits per heavy atom. The molecule has 0 spiro atoms. The fraction of sp³-hybridized carbons (Fsp3) is 0.455. The minimum Gasteiger partial charge on any atom is -0.454 e. The van der Waals surface area contributed by atoms with Gasteiger partial charge in [-0.05, 0) is 0 Å². The Balaban J connectivity index is 1.94. The third-order valence-corrected chi connectivity index (χ3v) is 2.87. The molecule has 5 nitrogen and oxygen atoms in total. The molecule has 2 aliphatic rings. The molecule has 3 rings (SSSR count). The number of fused-ring (bicyclic) bond motifs is 1. The smallest absolute Gasteiger partial charge is 0.231 e. The molecule has 16 heavy (non-hydrogen) atoms. The molecular weight excluding hydrogens is 208 g/mol. The van der Waals surface area contributed by atoms with Gasteiger partial charge < -0.3 is 24.8 Å². The van der Waals surface area contributed by atoms with Crippen molar-refractivity contribution in [3.8, 4) is 11.5 Å². The molecule has 1 aromatic rings. The number of anilines is 2. The van der Waals surface area contributed by atoms with Gasteiger partial charge in [0.05, 0.1) is 24.6 Å². The molecule has 1 aromatic carbocycles. The molecule has 86 valence electrons. The Morgan fingerprint density at radius 3 is 2.50 bits per heavy atom. The van der Waals surface area contributed by atoms with Crippen LogP contribution in [0.2, 0.25) is 0 Å². The van der Waals surface area contributed by atoms with Crippen molar-refractivity contribution in [2.75, 3.05) is 43.7 Å². The second kappa shape index (κ2) is 3.75. The minimum absolute atomic E-state index is 0.279. The van der Waals surface area contributed by atoms with E-state index >= 15 is 0 Å². The number of benzene rings is 1. The number of nitrogens with zero attached hydrogens (tertiary/aromatic N) is 1. The predicted octanol–water partition coefficient (Wildman–Crippen LogP) is 0.834. The average Bonchev–Trinajstić information content (AvgIpc) is 2.76. The van der Waals surface area contributed by atoms with E-state index in [1.807, 2.05) is 12.1 Å². The first-order valence-corrected chi connectivity index (χ1v) is 5.36. The van der Waals surface area contributed by atoms with Crippen molar-refractivity contribution >= 4 is 11.4 Å². The molecule has 0 atom stereocenters. The zero-order valence-corrected chi connectivity index (χ0v) is 8.94. The van der Waals surface area contributed by atoms with Crippen molar-refractivity contribution in [1.29, 1.82) is 0 Å². The normalized spacial score (nSPS) is 18.9. The van der Waals surface area contributed by atoms with Gasteiger partial charge in [-0.25, -0.2) is 0 Å². The molecule has 0 radical (unpaired) electrons. The van der Waals surface area contributed by atoms with E-state index in [-0.39, 0.29) is 6.79 Å². The molecule has 0 aromatic heterocycles. The van der Waals surface area contributed by atoms with E-state index in [0.717, 1.165) is 49.2 Å². The summed E-state index contributed by atoms with van der Waals surface area (Å²) in [5, 5.41) is 0. The van der Waals surface area contributed by atoms with Crippen LogP contribution in [0.3, 0.4) is 0 Å². The quantitative estimate of drug-likeness (QED) is 0.713. The van der Waals surface area contributed by atoms with Crippen molar-refractivity contribution in [2.45, 2.75) is 0 Å². The average molecular weight is 222 g/mol. The topological polar surface area (TPSA) is 57.0 Å². The summed E-state index contributed by atoms with van der Waals surface area (Å²) >= 11 is 0. The van der Waals surface area contributed by atoms with Crippen LogP contribution in [0.5, 0.6) is 11.5 Å². The zero-order chi connectivity index (χ0) is 11.0. The lowest BCUT2D eigenvalue weighted by atomic mass is 10.2. The second-order valence-corrected chi connectivity index (χ2v) is 3.86. The third kappa shape index (κ3) is 1.53. The number of morpholine rings is 1. The van der Waals surface area contributed by atoms with Crippen LogP contribution in [0.25, 0.3) is 0 Å². The first kappa shape index (κ1) is 9.59. The van der Waals surface area contributed by atoms with Gasteiger partial charge in [-0.15, -0.1) is 0 Å². The summed E-state index contributed by atoms with van der Waals surface area (Å²) in [6, 6.07) is 3.77. The minimum atomic E-state index is 0.279. The molecule has 0 unspecified atom stereocenters. The number of hydrogen-bond acceptors (Lipinski definition) is 5. The highest BCUT2D eigenvalue weighted by Gasteiger charge is 2.20. The maximum Gasteiger partial charge on any atom is 0.231 e. The Labute approximate surface area is 93.7 Å². The molecule has 1 saturated heterocycles. The van der Waals surface area contributed by atoms with Crippen LogP contribution in [0.1, 0.15) is 0 Å². The monoisotopic (exact) mass is 222 g/mol. The molecule has 0 saturated carbocycles. The molecule has 0 amide bonds. The van der Waals surface area contributed by atoms with E-state index in [9.17, 15) is 0 Å². The summed E-state index contributed by atoms with van der Waals surface area (Å²) in [7, 11) is 0. The van der Waals surface area contributed by atoms with Crippen molar-refractivity contribution in [1.82, 2.24) is 0 Å². The maximum atomic E-state index is 6.01. The summed E-state index contributed by atoms with van der Waals surface area (Å²) < 4.78 is 15.9. The van der Waals surface area contributed by atoms with Crippen LogP contribution >= 0.6 is 0 Å². The van der Waals surface area contributed by atoms with Crippen molar-refractivity contribution < 1.29 is 14.2 Å². The zero-order valence-electron chi connectivity index (χ0n) is 8.94. The first-order valence-electron chi connectivity index (χ1n) is 5.36. The lowest BCUT2D eigenvalue weighted by molar-refractivity contribution is 0.122. The van der Waals surface area contributed by atoms with Gasteiger partial charge in [0.1, 0.15) is 0 Å². The maximum absolute atomic E-state index is 6.01. The van der Waals surface area contributed by atoms with Crippen LogP contribution in [0.4, 0.5) is 11.4 Å². The molecule has 0 bridgehead atoms. The van der Waals surface area contributed by atoms with E-state index < -0.39 is 0 Å². The summed E-state index contributed by atoms with van der Waals surface area (Å²) in [5.41, 5.74) is 7.74. The molecular formula is C11H14N2O3. The number of rotatable bonds is 1. The fourth-order valence-corrected chi connectivity index (χ4v) is 2.03. The molecule has 2 heterocycles. The molecule has 1 fully saturated rings. The second-order valence-electron chi connectivity index (χ2n) is 3.86. The first-order chi connectivity index (χ1) is 7.84. The highest BCUT2D eigenvalue weighted by Crippen LogP contribution is 2.39. The Bertz CT molecular complexity index is 402. The van der Waals surface area contributed by atoms with Crippen LogP contribution in [-0.4, -0.2) is 33.1 Å². The van der Waals surface area contributed by atoms with Crippen molar-refractivity contribution in [3.05, 3.63) is 12.1 Å². The van der Waals surface area contributed by atoms with E-state index in [1.54, 1.807) is 0 Å². The highest BCUT2D eigenvalue weighted by atomic mass is 16.7. The summed E-state index contributed by atoms with van der Waals surface area (Å²) in [6.07, 6.45) is 0. The van der Waals surface area contributed by atoms with Crippen molar-refractivity contribution in [3.63, 3.8) is 0 Å². The Hall–Kier alpha value is -1.62. The van der Waals surface area contributed by atoms with E-state index in [4.69, 9.17) is 19.9 Å². The van der Waals surface area contributed by atoms with Gasteiger partial charge >= 0.3 is 0 Å². The Kier molecular flexibility index (Phi) is 2.25. The van der Waals surface area contributed by atoms with Gasteiger partial charge in [-0.3, -0.25) is 0 Å². The standard InChI is InChI=1S/C11H14N2O3/c12-8-5-10-11(16-7-15-10)6-9(8)13-1-3-14-4-2-13/h5-6H,1-4,7,12H2. The van der Waals surface area contributed by atoms with E-state index in [1.165, 1.54) is 0 Å². The number of nitrogens with two attached hydrogens (primary N) is 1. The van der Waals surface area contributed by atoms with E-state index in [2.05, 4.69) is 4.90 Å². The summed E-state index contributed by atoms with van der Waals surface area (Å²) in [4.78, 5) is 2.21. The van der Waals surface area contributed by atoms with Gasteiger partial charge in [-0.1, -0.05) is 0 Å². The lowest BCUT2D eigenvalue weighted by Gasteiger charge is -2.29. The molecule has 2 aliphatic heterocycles. The number of ether oxygens (including phenoxy) is 3.